The standard InChI is InChI=1S/C24H20F2N6/c1-24(28)5-6-32(13-24)22-17(15-7-14(10-27)8-16(25)9-15)11-29-12-18(22)23-30-20-4-2-3-19(26)21(20)31-23/h2-4,7-9,11-12H,5-6,13,28H2,1H3,(H,30,31). The van der Waals surface area contributed by atoms with E-state index in [0.29, 0.717) is 41.1 Å². The van der Waals surface area contributed by atoms with E-state index in [4.69, 9.17) is 5.73 Å². The van der Waals surface area contributed by atoms with Crippen LogP contribution >= 0.6 is 0 Å². The van der Waals surface area contributed by atoms with Gasteiger partial charge in [-0.25, -0.2) is 13.8 Å². The molecule has 8 heteroatoms. The molecular formula is C24H20F2N6. The molecule has 0 amide bonds. The van der Waals surface area contributed by atoms with Crippen molar-refractivity contribution < 1.29 is 8.78 Å². The molecule has 0 spiro atoms. The molecule has 1 atom stereocenters. The van der Waals surface area contributed by atoms with Crippen LogP contribution < -0.4 is 10.6 Å². The van der Waals surface area contributed by atoms with Crippen molar-refractivity contribution in [1.82, 2.24) is 15.0 Å². The number of para-hydroxylation sites is 1. The number of pyridine rings is 1. The van der Waals surface area contributed by atoms with Crippen molar-refractivity contribution in [3.8, 4) is 28.6 Å². The van der Waals surface area contributed by atoms with Crippen molar-refractivity contribution in [3.05, 3.63) is 66.0 Å². The molecule has 1 aliphatic rings. The summed E-state index contributed by atoms with van der Waals surface area (Å²) in [6, 6.07) is 10.9. The first kappa shape index (κ1) is 20.1. The molecule has 1 saturated heterocycles. The number of nitrogens with zero attached hydrogens (tertiary/aromatic N) is 4. The number of imidazole rings is 1. The quantitative estimate of drug-likeness (QED) is 0.503. The first-order valence-electron chi connectivity index (χ1n) is 10.2. The summed E-state index contributed by atoms with van der Waals surface area (Å²) in [7, 11) is 0. The van der Waals surface area contributed by atoms with E-state index < -0.39 is 17.2 Å². The van der Waals surface area contributed by atoms with Gasteiger partial charge >= 0.3 is 0 Å². The summed E-state index contributed by atoms with van der Waals surface area (Å²) in [6.07, 6.45) is 4.07. The molecule has 0 aliphatic carbocycles. The molecule has 6 nitrogen and oxygen atoms in total. The van der Waals surface area contributed by atoms with E-state index >= 15 is 0 Å². The van der Waals surface area contributed by atoms with Crippen LogP contribution in [0, 0.1) is 23.0 Å². The smallest absolute Gasteiger partial charge is 0.151 e. The first-order chi connectivity index (χ1) is 15.3. The Morgan fingerprint density at radius 2 is 2.00 bits per heavy atom. The summed E-state index contributed by atoms with van der Waals surface area (Å²) in [5.41, 5.74) is 9.63. The van der Waals surface area contributed by atoms with Crippen LogP contribution in [0.2, 0.25) is 0 Å². The Hall–Kier alpha value is -3.83. The molecule has 5 rings (SSSR count). The van der Waals surface area contributed by atoms with Gasteiger partial charge in [-0.05, 0) is 49.2 Å². The Bertz CT molecular complexity index is 1390. The van der Waals surface area contributed by atoms with Crippen molar-refractivity contribution in [2.45, 2.75) is 18.9 Å². The number of benzene rings is 2. The highest BCUT2D eigenvalue weighted by Gasteiger charge is 2.33. The fourth-order valence-electron chi connectivity index (χ4n) is 4.29. The Labute approximate surface area is 183 Å². The van der Waals surface area contributed by atoms with Gasteiger partial charge in [0.25, 0.3) is 0 Å². The van der Waals surface area contributed by atoms with Gasteiger partial charge in [0.15, 0.2) is 5.82 Å². The summed E-state index contributed by atoms with van der Waals surface area (Å²) >= 11 is 0. The zero-order valence-corrected chi connectivity index (χ0v) is 17.4. The number of aromatic amines is 1. The van der Waals surface area contributed by atoms with Crippen molar-refractivity contribution >= 4 is 16.7 Å². The number of halogens is 2. The largest absolute Gasteiger partial charge is 0.368 e. The number of aromatic nitrogens is 3. The summed E-state index contributed by atoms with van der Waals surface area (Å²) < 4.78 is 28.6. The van der Waals surface area contributed by atoms with Gasteiger partial charge in [-0.1, -0.05) is 6.07 Å². The normalized spacial score (nSPS) is 18.3. The van der Waals surface area contributed by atoms with Crippen LogP contribution in [-0.4, -0.2) is 33.6 Å². The zero-order chi connectivity index (χ0) is 22.5. The minimum absolute atomic E-state index is 0.215. The predicted molar refractivity (Wildman–Crippen MR) is 119 cm³/mol. The van der Waals surface area contributed by atoms with E-state index in [-0.39, 0.29) is 11.1 Å². The van der Waals surface area contributed by atoms with Crippen LogP contribution in [0.4, 0.5) is 14.5 Å². The van der Waals surface area contributed by atoms with Crippen LogP contribution in [0.25, 0.3) is 33.5 Å². The van der Waals surface area contributed by atoms with Crippen LogP contribution in [0.1, 0.15) is 18.9 Å². The van der Waals surface area contributed by atoms with Gasteiger partial charge in [0.1, 0.15) is 17.2 Å². The molecule has 160 valence electrons. The van der Waals surface area contributed by atoms with Crippen molar-refractivity contribution in [2.75, 3.05) is 18.0 Å². The Morgan fingerprint density at radius 1 is 1.19 bits per heavy atom. The van der Waals surface area contributed by atoms with E-state index in [1.807, 2.05) is 13.0 Å². The second-order valence-electron chi connectivity index (χ2n) is 8.47. The topological polar surface area (TPSA) is 94.6 Å². The number of hydrogen-bond donors (Lipinski definition) is 2. The van der Waals surface area contributed by atoms with E-state index in [9.17, 15) is 14.0 Å². The van der Waals surface area contributed by atoms with E-state index in [1.165, 1.54) is 18.2 Å². The number of hydrogen-bond acceptors (Lipinski definition) is 5. The number of rotatable bonds is 3. The third-order valence-electron chi connectivity index (χ3n) is 5.80. The lowest BCUT2D eigenvalue weighted by molar-refractivity contribution is 0.525. The highest BCUT2D eigenvalue weighted by molar-refractivity contribution is 5.91. The lowest BCUT2D eigenvalue weighted by atomic mass is 9.99. The summed E-state index contributed by atoms with van der Waals surface area (Å²) in [5, 5.41) is 9.31. The molecule has 4 aromatic rings. The third kappa shape index (κ3) is 3.47. The van der Waals surface area contributed by atoms with Gasteiger partial charge in [-0.15, -0.1) is 0 Å². The molecule has 0 saturated carbocycles. The van der Waals surface area contributed by atoms with Crippen LogP contribution in [0.5, 0.6) is 0 Å². The molecule has 3 N–H and O–H groups in total. The number of fused-ring (bicyclic) bond motifs is 1. The minimum Gasteiger partial charge on any atom is -0.368 e. The molecule has 0 bridgehead atoms. The van der Waals surface area contributed by atoms with Gasteiger partial charge in [-0.2, -0.15) is 5.26 Å². The summed E-state index contributed by atoms with van der Waals surface area (Å²) in [4.78, 5) is 14.1. The number of nitrogens with one attached hydrogen (secondary N) is 1. The van der Waals surface area contributed by atoms with Gasteiger partial charge in [0.2, 0.25) is 0 Å². The minimum atomic E-state index is -0.508. The Kier molecular flexibility index (Phi) is 4.64. The van der Waals surface area contributed by atoms with Gasteiger partial charge < -0.3 is 15.6 Å². The second kappa shape index (κ2) is 7.39. The molecule has 1 unspecified atom stereocenters. The van der Waals surface area contributed by atoms with E-state index in [2.05, 4.69) is 19.9 Å². The highest BCUT2D eigenvalue weighted by Crippen LogP contribution is 2.41. The second-order valence-corrected chi connectivity index (χ2v) is 8.47. The third-order valence-corrected chi connectivity index (χ3v) is 5.80. The lowest BCUT2D eigenvalue weighted by Crippen LogP contribution is -2.39. The van der Waals surface area contributed by atoms with E-state index in [1.54, 1.807) is 30.6 Å². The SMILES string of the molecule is CC1(N)CCN(c2c(-c3cc(F)cc(C#N)c3)cncc2-c2nc3c(F)cccc3[nH]2)C1. The number of nitriles is 1. The number of H-pyrrole nitrogens is 1. The average molecular weight is 430 g/mol. The number of nitrogens with two attached hydrogens (primary N) is 1. The van der Waals surface area contributed by atoms with E-state index in [0.717, 1.165) is 12.1 Å². The van der Waals surface area contributed by atoms with Crippen LogP contribution in [0.3, 0.4) is 0 Å². The van der Waals surface area contributed by atoms with Gasteiger partial charge in [0.05, 0.1) is 28.4 Å². The predicted octanol–water partition coefficient (Wildman–Crippen LogP) is 4.37. The fourth-order valence-corrected chi connectivity index (χ4v) is 4.29. The van der Waals surface area contributed by atoms with Gasteiger partial charge in [0, 0.05) is 36.6 Å². The molecule has 2 aromatic heterocycles. The van der Waals surface area contributed by atoms with Crippen molar-refractivity contribution in [1.29, 1.82) is 5.26 Å². The molecule has 0 radical (unpaired) electrons. The molecule has 1 fully saturated rings. The average Bonchev–Trinajstić information content (AvgIpc) is 3.36. The zero-order valence-electron chi connectivity index (χ0n) is 17.4. The lowest BCUT2D eigenvalue weighted by Gasteiger charge is -2.26. The Morgan fingerprint density at radius 3 is 2.72 bits per heavy atom. The highest BCUT2D eigenvalue weighted by atomic mass is 19.1. The van der Waals surface area contributed by atoms with Crippen molar-refractivity contribution in [3.63, 3.8) is 0 Å². The summed E-state index contributed by atoms with van der Waals surface area (Å²) in [6.45, 7) is 3.25. The monoisotopic (exact) mass is 430 g/mol. The van der Waals surface area contributed by atoms with Crippen LogP contribution in [-0.2, 0) is 0 Å². The maximum atomic E-state index is 14.3. The maximum Gasteiger partial charge on any atom is 0.151 e. The molecule has 2 aromatic carbocycles. The Balaban J connectivity index is 1.76. The first-order valence-corrected chi connectivity index (χ1v) is 10.2. The number of anilines is 1. The molecule has 32 heavy (non-hydrogen) atoms. The van der Waals surface area contributed by atoms with Crippen molar-refractivity contribution in [2.24, 2.45) is 5.73 Å². The van der Waals surface area contributed by atoms with Gasteiger partial charge in [-0.3, -0.25) is 4.98 Å². The summed E-state index contributed by atoms with van der Waals surface area (Å²) in [5.74, 6) is -0.474. The maximum absolute atomic E-state index is 14.3. The molecule has 1 aliphatic heterocycles. The molecule has 3 heterocycles. The fraction of sp³-hybridized carbons (Fsp3) is 0.208. The van der Waals surface area contributed by atoms with Crippen LogP contribution in [0.15, 0.2) is 48.8 Å². The molecular weight excluding hydrogens is 410 g/mol.